The Morgan fingerprint density at radius 1 is 1.08 bits per heavy atom. The zero-order chi connectivity index (χ0) is 17.9. The fourth-order valence-corrected chi connectivity index (χ4v) is 3.49. The molecule has 1 aromatic heterocycles. The summed E-state index contributed by atoms with van der Waals surface area (Å²) in [5.41, 5.74) is 3.91. The number of aromatic nitrogens is 2. The first-order valence-corrected chi connectivity index (χ1v) is 8.88. The Hall–Kier alpha value is -2.63. The molecule has 0 radical (unpaired) electrons. The van der Waals surface area contributed by atoms with E-state index in [4.69, 9.17) is 4.74 Å². The molecule has 2 aromatic carbocycles. The fraction of sp³-hybridized carbons (Fsp3) is 0.286. The van der Waals surface area contributed by atoms with Crippen molar-refractivity contribution in [3.05, 3.63) is 83.2 Å². The molecule has 1 atom stereocenters. The lowest BCUT2D eigenvalue weighted by molar-refractivity contribution is 0.198. The first-order chi connectivity index (χ1) is 12.7. The van der Waals surface area contributed by atoms with E-state index in [2.05, 4.69) is 16.1 Å². The summed E-state index contributed by atoms with van der Waals surface area (Å²) in [6.07, 6.45) is -0.683. The fourth-order valence-electron chi connectivity index (χ4n) is 3.49. The zero-order valence-corrected chi connectivity index (χ0v) is 14.9. The number of rotatable bonds is 5. The van der Waals surface area contributed by atoms with E-state index in [-0.39, 0.29) is 0 Å². The molecule has 0 spiro atoms. The minimum absolute atomic E-state index is 0.683. The lowest BCUT2D eigenvalue weighted by Gasteiger charge is -2.28. The van der Waals surface area contributed by atoms with Gasteiger partial charge in [0.1, 0.15) is 11.9 Å². The lowest BCUT2D eigenvalue weighted by atomic mass is 10.1. The third-order valence-electron chi connectivity index (χ3n) is 4.88. The molecule has 0 saturated carbocycles. The van der Waals surface area contributed by atoms with Crippen LogP contribution >= 0.6 is 0 Å². The molecule has 0 amide bonds. The lowest BCUT2D eigenvalue weighted by Crippen LogP contribution is -2.33. The summed E-state index contributed by atoms with van der Waals surface area (Å²) >= 11 is 0. The zero-order valence-electron chi connectivity index (χ0n) is 14.9. The number of aliphatic hydroxyl groups excluding tert-OH is 1. The van der Waals surface area contributed by atoms with Gasteiger partial charge in [-0.15, -0.1) is 0 Å². The Morgan fingerprint density at radius 3 is 2.65 bits per heavy atom. The van der Waals surface area contributed by atoms with Crippen LogP contribution in [0.4, 0.5) is 0 Å². The van der Waals surface area contributed by atoms with Crippen LogP contribution in [0.15, 0.2) is 60.7 Å². The van der Waals surface area contributed by atoms with Crippen LogP contribution in [0.1, 0.15) is 28.6 Å². The normalized spacial score (nSPS) is 15.5. The number of para-hydroxylation sites is 1. The summed E-state index contributed by atoms with van der Waals surface area (Å²) < 4.78 is 7.48. The van der Waals surface area contributed by atoms with E-state index in [1.807, 2.05) is 59.3 Å². The highest BCUT2D eigenvalue weighted by atomic mass is 16.5. The molecule has 0 aliphatic carbocycles. The number of nitrogens with zero attached hydrogens (tertiary/aromatic N) is 3. The Labute approximate surface area is 153 Å². The van der Waals surface area contributed by atoms with Crippen LogP contribution in [0.2, 0.25) is 0 Å². The Morgan fingerprint density at radius 2 is 1.85 bits per heavy atom. The summed E-state index contributed by atoms with van der Waals surface area (Å²) in [5.74, 6) is 0.923. The number of ether oxygens (including phenoxy) is 1. The summed E-state index contributed by atoms with van der Waals surface area (Å²) in [5, 5.41) is 15.2. The monoisotopic (exact) mass is 349 g/mol. The van der Waals surface area contributed by atoms with Crippen LogP contribution in [0.5, 0.6) is 5.75 Å². The number of hydrogen-bond acceptors (Lipinski definition) is 4. The number of benzene rings is 2. The van der Waals surface area contributed by atoms with Crippen molar-refractivity contribution in [2.45, 2.75) is 25.7 Å². The van der Waals surface area contributed by atoms with E-state index in [1.165, 1.54) is 5.56 Å². The van der Waals surface area contributed by atoms with Crippen molar-refractivity contribution in [1.29, 1.82) is 0 Å². The minimum atomic E-state index is -0.683. The maximum Gasteiger partial charge on any atom is 0.123 e. The first kappa shape index (κ1) is 16.8. The number of fused-ring (bicyclic) bond motifs is 1. The molecule has 0 saturated heterocycles. The van der Waals surface area contributed by atoms with Crippen molar-refractivity contribution in [1.82, 2.24) is 14.7 Å². The molecule has 5 nitrogen and oxygen atoms in total. The molecule has 1 aliphatic rings. The predicted octanol–water partition coefficient (Wildman–Crippen LogP) is 2.99. The average Bonchev–Trinajstić information content (AvgIpc) is 3.12. The molecular formula is C21H23N3O2. The molecule has 1 N–H and O–H groups in total. The summed E-state index contributed by atoms with van der Waals surface area (Å²) in [4.78, 5) is 2.38. The van der Waals surface area contributed by atoms with Crippen molar-refractivity contribution < 1.29 is 9.84 Å². The average molecular weight is 349 g/mol. The molecule has 26 heavy (non-hydrogen) atoms. The number of methoxy groups -OCH3 is 1. The van der Waals surface area contributed by atoms with Crippen LogP contribution in [0, 0.1) is 0 Å². The van der Waals surface area contributed by atoms with Gasteiger partial charge >= 0.3 is 0 Å². The second kappa shape index (κ2) is 7.32. The second-order valence-electron chi connectivity index (χ2n) is 6.62. The van der Waals surface area contributed by atoms with Crippen molar-refractivity contribution >= 4 is 0 Å². The van der Waals surface area contributed by atoms with E-state index >= 15 is 0 Å². The highest BCUT2D eigenvalue weighted by Crippen LogP contribution is 2.25. The third-order valence-corrected chi connectivity index (χ3v) is 4.88. The Balaban J connectivity index is 1.50. The highest BCUT2D eigenvalue weighted by Gasteiger charge is 2.22. The van der Waals surface area contributed by atoms with Gasteiger partial charge in [0.25, 0.3) is 0 Å². The standard InChI is InChI=1S/C21H23N3O2/c1-26-20-10-6-5-9-17(20)14-23-11-12-24-18(15-23)13-19(22-24)21(25)16-7-3-2-4-8-16/h2-10,13,21,25H,11-12,14-15H2,1H3/t21-/m1/s1. The van der Waals surface area contributed by atoms with Gasteiger partial charge in [0, 0.05) is 25.2 Å². The molecule has 2 heterocycles. The van der Waals surface area contributed by atoms with E-state index in [0.29, 0.717) is 5.69 Å². The first-order valence-electron chi connectivity index (χ1n) is 8.88. The highest BCUT2D eigenvalue weighted by molar-refractivity contribution is 5.33. The molecular weight excluding hydrogens is 326 g/mol. The van der Waals surface area contributed by atoms with Crippen LogP contribution in [-0.4, -0.2) is 33.4 Å². The van der Waals surface area contributed by atoms with Crippen molar-refractivity contribution in [3.8, 4) is 5.75 Å². The summed E-state index contributed by atoms with van der Waals surface area (Å²) in [6.45, 7) is 3.40. The van der Waals surface area contributed by atoms with Gasteiger partial charge in [-0.2, -0.15) is 5.10 Å². The van der Waals surface area contributed by atoms with Crippen molar-refractivity contribution in [2.24, 2.45) is 0 Å². The largest absolute Gasteiger partial charge is 0.496 e. The van der Waals surface area contributed by atoms with Gasteiger partial charge < -0.3 is 9.84 Å². The molecule has 1 aliphatic heterocycles. The molecule has 4 rings (SSSR count). The molecule has 0 fully saturated rings. The minimum Gasteiger partial charge on any atom is -0.496 e. The van der Waals surface area contributed by atoms with E-state index in [9.17, 15) is 5.11 Å². The SMILES string of the molecule is COc1ccccc1CN1CCn2nc([C@H](O)c3ccccc3)cc2C1. The number of hydrogen-bond donors (Lipinski definition) is 1. The van der Waals surface area contributed by atoms with Crippen LogP contribution in [0.25, 0.3) is 0 Å². The van der Waals surface area contributed by atoms with Crippen LogP contribution in [0.3, 0.4) is 0 Å². The van der Waals surface area contributed by atoms with Crippen LogP contribution in [-0.2, 0) is 19.6 Å². The maximum absolute atomic E-state index is 10.6. The van der Waals surface area contributed by atoms with Crippen molar-refractivity contribution in [3.63, 3.8) is 0 Å². The molecule has 0 unspecified atom stereocenters. The van der Waals surface area contributed by atoms with Gasteiger partial charge in [0.2, 0.25) is 0 Å². The van der Waals surface area contributed by atoms with E-state index in [0.717, 1.165) is 43.2 Å². The predicted molar refractivity (Wildman–Crippen MR) is 99.8 cm³/mol. The third kappa shape index (κ3) is 3.36. The molecule has 0 bridgehead atoms. The van der Waals surface area contributed by atoms with Gasteiger partial charge in [0.15, 0.2) is 0 Å². The van der Waals surface area contributed by atoms with Crippen LogP contribution < -0.4 is 4.74 Å². The Bertz CT molecular complexity index is 876. The van der Waals surface area contributed by atoms with E-state index < -0.39 is 6.10 Å². The molecule has 134 valence electrons. The van der Waals surface area contributed by atoms with Crippen molar-refractivity contribution in [2.75, 3.05) is 13.7 Å². The number of aliphatic hydroxyl groups is 1. The second-order valence-corrected chi connectivity index (χ2v) is 6.62. The van der Waals surface area contributed by atoms with Gasteiger partial charge in [-0.3, -0.25) is 9.58 Å². The molecule has 3 aromatic rings. The quantitative estimate of drug-likeness (QED) is 0.769. The Kier molecular flexibility index (Phi) is 4.73. The van der Waals surface area contributed by atoms with Gasteiger partial charge in [-0.25, -0.2) is 0 Å². The van der Waals surface area contributed by atoms with E-state index in [1.54, 1.807) is 7.11 Å². The van der Waals surface area contributed by atoms with Gasteiger partial charge in [-0.1, -0.05) is 48.5 Å². The van der Waals surface area contributed by atoms with Gasteiger partial charge in [0.05, 0.1) is 25.0 Å². The van der Waals surface area contributed by atoms with Gasteiger partial charge in [-0.05, 0) is 17.7 Å². The smallest absolute Gasteiger partial charge is 0.123 e. The summed E-state index contributed by atoms with van der Waals surface area (Å²) in [6, 6.07) is 19.8. The molecule has 5 heteroatoms. The maximum atomic E-state index is 10.6. The summed E-state index contributed by atoms with van der Waals surface area (Å²) in [7, 11) is 1.71. The topological polar surface area (TPSA) is 50.5 Å².